The van der Waals surface area contributed by atoms with E-state index in [2.05, 4.69) is 25.3 Å². The Labute approximate surface area is 127 Å². The van der Waals surface area contributed by atoms with Gasteiger partial charge in [-0.05, 0) is 11.1 Å². The van der Waals surface area contributed by atoms with Crippen molar-refractivity contribution in [1.29, 1.82) is 0 Å². The summed E-state index contributed by atoms with van der Waals surface area (Å²) in [5, 5.41) is 0. The van der Waals surface area contributed by atoms with Crippen LogP contribution in [0.2, 0.25) is 19.6 Å². The molecule has 4 heteroatoms. The number of carbonyl (C=O) groups excluding carboxylic acids is 2. The topological polar surface area (TPSA) is 37.4 Å². The fourth-order valence-corrected chi connectivity index (χ4v) is 4.04. The lowest BCUT2D eigenvalue weighted by molar-refractivity contribution is -0.131. The van der Waals surface area contributed by atoms with E-state index in [1.54, 1.807) is 19.0 Å². The van der Waals surface area contributed by atoms with E-state index >= 15 is 0 Å². The second kappa shape index (κ2) is 5.60. The lowest BCUT2D eigenvalue weighted by Crippen LogP contribution is -2.35. The Hall–Kier alpha value is -1.68. The lowest BCUT2D eigenvalue weighted by Gasteiger charge is -2.30. The van der Waals surface area contributed by atoms with Crippen molar-refractivity contribution in [3.05, 3.63) is 41.1 Å². The monoisotopic (exact) mass is 301 g/mol. The first-order valence-electron chi connectivity index (χ1n) is 7.27. The number of amides is 1. The minimum Gasteiger partial charge on any atom is -0.348 e. The van der Waals surface area contributed by atoms with Crippen LogP contribution in [0.25, 0.3) is 5.57 Å². The number of carbonyl (C=O) groups is 2. The zero-order chi connectivity index (χ0) is 15.8. The summed E-state index contributed by atoms with van der Waals surface area (Å²) >= 11 is 0. The Bertz CT molecular complexity index is 611. The molecule has 0 aliphatic heterocycles. The molecule has 1 aromatic rings. The van der Waals surface area contributed by atoms with E-state index in [9.17, 15) is 9.59 Å². The van der Waals surface area contributed by atoms with Gasteiger partial charge in [-0.15, -0.1) is 0 Å². The van der Waals surface area contributed by atoms with Gasteiger partial charge in [0.05, 0.1) is 14.0 Å². The molecule has 0 saturated heterocycles. The van der Waals surface area contributed by atoms with E-state index in [4.69, 9.17) is 0 Å². The number of hydrogen-bond donors (Lipinski definition) is 0. The molecule has 0 aromatic heterocycles. The molecule has 21 heavy (non-hydrogen) atoms. The molecule has 0 spiro atoms. The summed E-state index contributed by atoms with van der Waals surface area (Å²) in [4.78, 5) is 26.4. The van der Waals surface area contributed by atoms with Crippen LogP contribution in [0.5, 0.6) is 0 Å². The second-order valence-corrected chi connectivity index (χ2v) is 11.9. The number of nitrogens with zero attached hydrogens (tertiary/aromatic N) is 1. The van der Waals surface area contributed by atoms with Crippen LogP contribution in [0.1, 0.15) is 22.3 Å². The number of hydrogen-bond acceptors (Lipinski definition) is 2. The molecule has 0 bridgehead atoms. The van der Waals surface area contributed by atoms with Crippen LogP contribution in [-0.4, -0.2) is 38.8 Å². The molecular formula is C17H23NO2Si. The lowest BCUT2D eigenvalue weighted by atomic mass is 9.79. The number of ketones is 1. The fraction of sp³-hybridized carbons (Fsp3) is 0.412. The van der Waals surface area contributed by atoms with E-state index in [-0.39, 0.29) is 24.0 Å². The van der Waals surface area contributed by atoms with Gasteiger partial charge in [0.2, 0.25) is 5.91 Å². The first kappa shape index (κ1) is 15.7. The van der Waals surface area contributed by atoms with Crippen LogP contribution < -0.4 is 0 Å². The maximum absolute atomic E-state index is 12.5. The fourth-order valence-electron chi connectivity index (χ4n) is 2.75. The van der Waals surface area contributed by atoms with Crippen molar-refractivity contribution in [2.75, 3.05) is 14.1 Å². The van der Waals surface area contributed by atoms with Crippen LogP contribution in [0.15, 0.2) is 30.0 Å². The number of Topliss-reactive ketones (excluding diaryl/α,β-unsaturated/α-hetero) is 1. The van der Waals surface area contributed by atoms with Gasteiger partial charge in [-0.3, -0.25) is 9.59 Å². The molecule has 1 atom stereocenters. The van der Waals surface area contributed by atoms with Gasteiger partial charge in [0.25, 0.3) is 0 Å². The Morgan fingerprint density at radius 1 is 1.19 bits per heavy atom. The molecule has 1 aliphatic carbocycles. The molecule has 112 valence electrons. The van der Waals surface area contributed by atoms with Crippen LogP contribution >= 0.6 is 0 Å². The molecule has 3 nitrogen and oxygen atoms in total. The molecule has 0 radical (unpaired) electrons. The standard InChI is InChI=1S/C17H23NO2Si/c1-18(2)17(20)14-10-16(19)13-9-7-6-8-12(13)15(14)11-21(3,4)5/h6-9,11,14H,10H2,1-5H3/b15-11+/t14-/m0/s1. The van der Waals surface area contributed by atoms with E-state index in [0.717, 1.165) is 16.7 Å². The second-order valence-electron chi connectivity index (χ2n) is 6.92. The molecule has 0 saturated carbocycles. The molecule has 2 rings (SSSR count). The van der Waals surface area contributed by atoms with Crippen molar-refractivity contribution in [2.45, 2.75) is 26.1 Å². The third kappa shape index (κ3) is 3.32. The minimum absolute atomic E-state index is 0.0161. The molecule has 1 aliphatic rings. The van der Waals surface area contributed by atoms with Crippen molar-refractivity contribution in [1.82, 2.24) is 4.90 Å². The third-order valence-electron chi connectivity index (χ3n) is 3.63. The van der Waals surface area contributed by atoms with Crippen LogP contribution in [0.3, 0.4) is 0 Å². The predicted octanol–water partition coefficient (Wildman–Crippen LogP) is 3.24. The van der Waals surface area contributed by atoms with E-state index in [1.165, 1.54) is 0 Å². The summed E-state index contributed by atoms with van der Waals surface area (Å²) in [5.41, 5.74) is 5.01. The number of benzene rings is 1. The zero-order valence-electron chi connectivity index (χ0n) is 13.4. The van der Waals surface area contributed by atoms with Gasteiger partial charge in [0.15, 0.2) is 5.78 Å². The minimum atomic E-state index is -1.50. The summed E-state index contributed by atoms with van der Waals surface area (Å²) in [6.45, 7) is 6.74. The Morgan fingerprint density at radius 3 is 2.29 bits per heavy atom. The maximum Gasteiger partial charge on any atom is 0.230 e. The van der Waals surface area contributed by atoms with E-state index < -0.39 is 8.07 Å². The zero-order valence-corrected chi connectivity index (χ0v) is 14.4. The molecule has 1 aromatic carbocycles. The van der Waals surface area contributed by atoms with Gasteiger partial charge in [0, 0.05) is 26.1 Å². The summed E-state index contributed by atoms with van der Waals surface area (Å²) in [6, 6.07) is 7.66. The van der Waals surface area contributed by atoms with Crippen molar-refractivity contribution < 1.29 is 9.59 Å². The van der Waals surface area contributed by atoms with Crippen molar-refractivity contribution >= 4 is 25.3 Å². The first-order chi connectivity index (χ1) is 9.70. The predicted molar refractivity (Wildman–Crippen MR) is 88.9 cm³/mol. The van der Waals surface area contributed by atoms with Crippen molar-refractivity contribution in [3.8, 4) is 0 Å². The van der Waals surface area contributed by atoms with Gasteiger partial charge in [-0.2, -0.15) is 0 Å². The van der Waals surface area contributed by atoms with Crippen molar-refractivity contribution in [3.63, 3.8) is 0 Å². The third-order valence-corrected chi connectivity index (χ3v) is 4.81. The highest BCUT2D eigenvalue weighted by Gasteiger charge is 2.35. The highest BCUT2D eigenvalue weighted by Crippen LogP contribution is 2.37. The van der Waals surface area contributed by atoms with Gasteiger partial charge < -0.3 is 4.90 Å². The number of fused-ring (bicyclic) bond motifs is 1. The normalized spacial score (nSPS) is 20.3. The quantitative estimate of drug-likeness (QED) is 0.786. The highest BCUT2D eigenvalue weighted by atomic mass is 28.3. The maximum atomic E-state index is 12.5. The van der Waals surface area contributed by atoms with Crippen LogP contribution in [0.4, 0.5) is 0 Å². The van der Waals surface area contributed by atoms with Gasteiger partial charge in [-0.1, -0.05) is 49.6 Å². The molecule has 0 N–H and O–H groups in total. The smallest absolute Gasteiger partial charge is 0.230 e. The van der Waals surface area contributed by atoms with Crippen LogP contribution in [-0.2, 0) is 4.79 Å². The molecular weight excluding hydrogens is 278 g/mol. The molecule has 1 amide bonds. The summed E-state index contributed by atoms with van der Waals surface area (Å²) in [7, 11) is 2.00. The van der Waals surface area contributed by atoms with Crippen LogP contribution in [0, 0.1) is 5.92 Å². The summed E-state index contributed by atoms with van der Waals surface area (Å²) in [6.07, 6.45) is 0.282. The summed E-state index contributed by atoms with van der Waals surface area (Å²) < 4.78 is 0. The SMILES string of the molecule is CN(C)C(=O)[C@H]1CC(=O)c2ccccc2/C1=C\[Si](C)(C)C. The van der Waals surface area contributed by atoms with Gasteiger partial charge >= 0.3 is 0 Å². The largest absolute Gasteiger partial charge is 0.348 e. The number of rotatable bonds is 2. The average molecular weight is 301 g/mol. The highest BCUT2D eigenvalue weighted by molar-refractivity contribution is 6.81. The van der Waals surface area contributed by atoms with Gasteiger partial charge in [-0.25, -0.2) is 0 Å². The molecule has 0 fully saturated rings. The summed E-state index contributed by atoms with van der Waals surface area (Å²) in [5.74, 6) is -0.255. The molecule has 0 unspecified atom stereocenters. The Morgan fingerprint density at radius 2 is 1.76 bits per heavy atom. The Balaban J connectivity index is 2.61. The molecule has 0 heterocycles. The Kier molecular flexibility index (Phi) is 4.19. The van der Waals surface area contributed by atoms with E-state index in [1.807, 2.05) is 24.3 Å². The average Bonchev–Trinajstić information content (AvgIpc) is 2.39. The van der Waals surface area contributed by atoms with Crippen molar-refractivity contribution in [2.24, 2.45) is 5.92 Å². The first-order valence-corrected chi connectivity index (χ1v) is 10.8. The van der Waals surface area contributed by atoms with E-state index in [0.29, 0.717) is 0 Å². The van der Waals surface area contributed by atoms with Gasteiger partial charge in [0.1, 0.15) is 0 Å².